The monoisotopic (exact) mass is 235 g/mol. The van der Waals surface area contributed by atoms with E-state index in [9.17, 15) is 0 Å². The van der Waals surface area contributed by atoms with Gasteiger partial charge in [0.05, 0.1) is 30.6 Å². The Morgan fingerprint density at radius 2 is 2.24 bits per heavy atom. The van der Waals surface area contributed by atoms with Crippen molar-refractivity contribution in [3.63, 3.8) is 0 Å². The minimum absolute atomic E-state index is 0.0767. The molecule has 0 aliphatic carbocycles. The van der Waals surface area contributed by atoms with Gasteiger partial charge >= 0.3 is 0 Å². The van der Waals surface area contributed by atoms with Gasteiger partial charge in [-0.1, -0.05) is 0 Å². The number of aliphatic hydroxyl groups is 1. The number of aromatic nitrogens is 2. The highest BCUT2D eigenvalue weighted by atomic mass is 16.5. The molecule has 0 saturated heterocycles. The van der Waals surface area contributed by atoms with Gasteiger partial charge in [-0.3, -0.25) is 0 Å². The summed E-state index contributed by atoms with van der Waals surface area (Å²) in [5, 5.41) is 8.56. The second kappa shape index (κ2) is 5.65. The van der Waals surface area contributed by atoms with Crippen LogP contribution in [0.3, 0.4) is 0 Å². The lowest BCUT2D eigenvalue weighted by Crippen LogP contribution is -2.04. The standard InChI is InChI=1S/C12H17N3O2/c13-10-2-3-12-11(8-10)14-9-15(12)4-1-6-17-7-5-16/h2-3,8-9,16H,1,4-7,13H2. The molecule has 1 aromatic carbocycles. The van der Waals surface area contributed by atoms with E-state index in [1.165, 1.54) is 0 Å². The fourth-order valence-corrected chi connectivity index (χ4v) is 1.76. The Hall–Kier alpha value is -1.59. The first kappa shape index (κ1) is 11.9. The molecule has 2 aromatic rings. The fourth-order valence-electron chi connectivity index (χ4n) is 1.76. The minimum Gasteiger partial charge on any atom is -0.399 e. The van der Waals surface area contributed by atoms with E-state index in [1.807, 2.05) is 24.5 Å². The van der Waals surface area contributed by atoms with E-state index in [0.29, 0.717) is 13.2 Å². The molecule has 0 fully saturated rings. The number of nitrogens with zero attached hydrogens (tertiary/aromatic N) is 2. The molecule has 0 aliphatic rings. The molecule has 0 unspecified atom stereocenters. The Balaban J connectivity index is 1.95. The molecule has 0 spiro atoms. The van der Waals surface area contributed by atoms with E-state index < -0.39 is 0 Å². The van der Waals surface area contributed by atoms with Crippen LogP contribution in [0.25, 0.3) is 11.0 Å². The molecular weight excluding hydrogens is 218 g/mol. The van der Waals surface area contributed by atoms with Crippen LogP contribution in [-0.4, -0.2) is 34.5 Å². The van der Waals surface area contributed by atoms with E-state index in [0.717, 1.165) is 29.7 Å². The number of hydrogen-bond donors (Lipinski definition) is 2. The Morgan fingerprint density at radius 1 is 1.35 bits per heavy atom. The van der Waals surface area contributed by atoms with Crippen LogP contribution in [-0.2, 0) is 11.3 Å². The average molecular weight is 235 g/mol. The number of rotatable bonds is 6. The summed E-state index contributed by atoms with van der Waals surface area (Å²) in [6, 6.07) is 5.73. The normalized spacial score (nSPS) is 11.1. The zero-order valence-corrected chi connectivity index (χ0v) is 9.67. The number of aryl methyl sites for hydroxylation is 1. The largest absolute Gasteiger partial charge is 0.399 e. The molecule has 92 valence electrons. The average Bonchev–Trinajstić information content (AvgIpc) is 2.71. The zero-order valence-electron chi connectivity index (χ0n) is 9.67. The van der Waals surface area contributed by atoms with Gasteiger partial charge in [0.15, 0.2) is 0 Å². The number of nitrogens with two attached hydrogens (primary N) is 1. The molecule has 0 aliphatic heterocycles. The van der Waals surface area contributed by atoms with Crippen LogP contribution in [0.4, 0.5) is 5.69 Å². The number of hydrogen-bond acceptors (Lipinski definition) is 4. The van der Waals surface area contributed by atoms with Gasteiger partial charge in [-0.15, -0.1) is 0 Å². The van der Waals surface area contributed by atoms with Crippen LogP contribution in [0, 0.1) is 0 Å². The molecule has 0 amide bonds. The Bertz CT molecular complexity index is 482. The van der Waals surface area contributed by atoms with Crippen LogP contribution in [0.5, 0.6) is 0 Å². The van der Waals surface area contributed by atoms with Crippen molar-refractivity contribution >= 4 is 16.7 Å². The van der Waals surface area contributed by atoms with Gasteiger partial charge < -0.3 is 20.1 Å². The van der Waals surface area contributed by atoms with E-state index in [4.69, 9.17) is 15.6 Å². The number of anilines is 1. The summed E-state index contributed by atoms with van der Waals surface area (Å²) in [7, 11) is 0. The molecule has 3 N–H and O–H groups in total. The summed E-state index contributed by atoms with van der Waals surface area (Å²) in [5.41, 5.74) is 8.43. The summed E-state index contributed by atoms with van der Waals surface area (Å²) >= 11 is 0. The van der Waals surface area contributed by atoms with E-state index >= 15 is 0 Å². The zero-order chi connectivity index (χ0) is 12.1. The Morgan fingerprint density at radius 3 is 3.06 bits per heavy atom. The van der Waals surface area contributed by atoms with E-state index in [-0.39, 0.29) is 6.61 Å². The minimum atomic E-state index is 0.0767. The number of aliphatic hydroxyl groups excluding tert-OH is 1. The Labute approximate surface area is 99.8 Å². The summed E-state index contributed by atoms with van der Waals surface area (Å²) in [6.07, 6.45) is 2.71. The maximum atomic E-state index is 8.56. The molecule has 0 radical (unpaired) electrons. The van der Waals surface area contributed by atoms with Crippen molar-refractivity contribution in [1.29, 1.82) is 0 Å². The van der Waals surface area contributed by atoms with Crippen molar-refractivity contribution < 1.29 is 9.84 Å². The van der Waals surface area contributed by atoms with Gasteiger partial charge in [-0.2, -0.15) is 0 Å². The molecular formula is C12H17N3O2. The van der Waals surface area contributed by atoms with Crippen LogP contribution in [0.15, 0.2) is 24.5 Å². The van der Waals surface area contributed by atoms with E-state index in [2.05, 4.69) is 9.55 Å². The number of ether oxygens (including phenoxy) is 1. The first-order valence-corrected chi connectivity index (χ1v) is 5.70. The van der Waals surface area contributed by atoms with Crippen molar-refractivity contribution in [3.8, 4) is 0 Å². The molecule has 1 heterocycles. The van der Waals surface area contributed by atoms with Crippen LogP contribution < -0.4 is 5.73 Å². The summed E-state index contributed by atoms with van der Waals surface area (Å²) in [5.74, 6) is 0. The molecule has 0 bridgehead atoms. The SMILES string of the molecule is Nc1ccc2c(c1)ncn2CCCOCCO. The maximum Gasteiger partial charge on any atom is 0.0958 e. The van der Waals surface area contributed by atoms with Crippen LogP contribution >= 0.6 is 0 Å². The number of nitrogen functional groups attached to an aromatic ring is 1. The number of fused-ring (bicyclic) bond motifs is 1. The third kappa shape index (κ3) is 2.95. The van der Waals surface area contributed by atoms with Gasteiger partial charge in [-0.25, -0.2) is 4.98 Å². The fraction of sp³-hybridized carbons (Fsp3) is 0.417. The van der Waals surface area contributed by atoms with Gasteiger partial charge in [0.25, 0.3) is 0 Å². The quantitative estimate of drug-likeness (QED) is 0.579. The topological polar surface area (TPSA) is 73.3 Å². The predicted octanol–water partition coefficient (Wildman–Crippen LogP) is 1.02. The maximum absolute atomic E-state index is 8.56. The highest BCUT2D eigenvalue weighted by Gasteiger charge is 2.02. The summed E-state index contributed by atoms with van der Waals surface area (Å²) in [6.45, 7) is 1.98. The second-order valence-corrected chi connectivity index (χ2v) is 3.88. The van der Waals surface area contributed by atoms with E-state index in [1.54, 1.807) is 0 Å². The van der Waals surface area contributed by atoms with Gasteiger partial charge in [0.1, 0.15) is 0 Å². The third-order valence-electron chi connectivity index (χ3n) is 2.57. The number of imidazole rings is 1. The summed E-state index contributed by atoms with van der Waals surface area (Å²) in [4.78, 5) is 4.30. The van der Waals surface area contributed by atoms with Gasteiger partial charge in [0.2, 0.25) is 0 Å². The molecule has 5 nitrogen and oxygen atoms in total. The predicted molar refractivity (Wildman–Crippen MR) is 66.7 cm³/mol. The molecule has 1 aromatic heterocycles. The van der Waals surface area contributed by atoms with Gasteiger partial charge in [-0.05, 0) is 24.6 Å². The smallest absolute Gasteiger partial charge is 0.0958 e. The van der Waals surface area contributed by atoms with Crippen molar-refractivity contribution in [2.24, 2.45) is 0 Å². The lowest BCUT2D eigenvalue weighted by Gasteiger charge is -2.05. The lowest BCUT2D eigenvalue weighted by molar-refractivity contribution is 0.0889. The summed E-state index contributed by atoms with van der Waals surface area (Å²) < 4.78 is 7.29. The second-order valence-electron chi connectivity index (χ2n) is 3.88. The molecule has 2 rings (SSSR count). The van der Waals surface area contributed by atoms with Crippen molar-refractivity contribution in [1.82, 2.24) is 9.55 Å². The first-order valence-electron chi connectivity index (χ1n) is 5.70. The molecule has 0 atom stereocenters. The van der Waals surface area contributed by atoms with Crippen molar-refractivity contribution in [3.05, 3.63) is 24.5 Å². The highest BCUT2D eigenvalue weighted by Crippen LogP contribution is 2.16. The van der Waals surface area contributed by atoms with Crippen LogP contribution in [0.1, 0.15) is 6.42 Å². The van der Waals surface area contributed by atoms with Crippen LogP contribution in [0.2, 0.25) is 0 Å². The van der Waals surface area contributed by atoms with Gasteiger partial charge in [0, 0.05) is 18.8 Å². The molecule has 17 heavy (non-hydrogen) atoms. The molecule has 5 heteroatoms. The molecule has 0 saturated carbocycles. The van der Waals surface area contributed by atoms with Crippen molar-refractivity contribution in [2.75, 3.05) is 25.6 Å². The lowest BCUT2D eigenvalue weighted by atomic mass is 10.3. The highest BCUT2D eigenvalue weighted by molar-refractivity contribution is 5.78. The Kier molecular flexibility index (Phi) is 3.95. The first-order chi connectivity index (χ1) is 8.31. The third-order valence-corrected chi connectivity index (χ3v) is 2.57. The van der Waals surface area contributed by atoms with Crippen molar-refractivity contribution in [2.45, 2.75) is 13.0 Å². The number of benzene rings is 1.